The van der Waals surface area contributed by atoms with E-state index in [1.54, 1.807) is 22.3 Å². The molecular formula is C14H20N6OS. The minimum Gasteiger partial charge on any atom is -0.338 e. The summed E-state index contributed by atoms with van der Waals surface area (Å²) >= 11 is 1.68. The summed E-state index contributed by atoms with van der Waals surface area (Å²) in [5.74, 6) is 0.106. The lowest BCUT2D eigenvalue weighted by Crippen LogP contribution is -2.50. The van der Waals surface area contributed by atoms with Crippen LogP contribution >= 0.6 is 11.3 Å². The monoisotopic (exact) mass is 320 g/mol. The molecule has 3 heterocycles. The molecule has 1 amide bonds. The molecule has 1 saturated heterocycles. The van der Waals surface area contributed by atoms with Crippen molar-refractivity contribution in [3.8, 4) is 0 Å². The van der Waals surface area contributed by atoms with E-state index in [-0.39, 0.29) is 11.9 Å². The highest BCUT2D eigenvalue weighted by Crippen LogP contribution is 2.14. The number of hydrogen-bond acceptors (Lipinski definition) is 6. The van der Waals surface area contributed by atoms with Crippen molar-refractivity contribution in [2.24, 2.45) is 0 Å². The zero-order chi connectivity index (χ0) is 15.5. The second kappa shape index (κ2) is 6.53. The quantitative estimate of drug-likeness (QED) is 0.839. The summed E-state index contributed by atoms with van der Waals surface area (Å²) in [6.07, 6.45) is 3.04. The van der Waals surface area contributed by atoms with Crippen LogP contribution < -0.4 is 0 Å². The molecule has 0 saturated carbocycles. The summed E-state index contributed by atoms with van der Waals surface area (Å²) in [7, 11) is 0. The molecular weight excluding hydrogens is 300 g/mol. The van der Waals surface area contributed by atoms with Crippen LogP contribution in [0, 0.1) is 6.92 Å². The molecule has 0 aliphatic carbocycles. The number of amides is 1. The Kier molecular flexibility index (Phi) is 4.49. The van der Waals surface area contributed by atoms with Crippen LogP contribution in [0.1, 0.15) is 23.7 Å². The van der Waals surface area contributed by atoms with Crippen molar-refractivity contribution >= 4 is 17.2 Å². The predicted molar refractivity (Wildman–Crippen MR) is 83.4 cm³/mol. The standard InChI is InChI=1S/C14H20N6OS/c1-11(20-10-15-9-16-20)14(21)19-5-3-18(4-6-19)7-13-8-22-12(2)17-13/h8-11H,3-7H2,1-2H3. The molecule has 2 aromatic heterocycles. The number of nitrogens with zero attached hydrogens (tertiary/aromatic N) is 6. The molecule has 2 aromatic rings. The van der Waals surface area contributed by atoms with Gasteiger partial charge >= 0.3 is 0 Å². The first-order valence-electron chi connectivity index (χ1n) is 7.40. The number of carbonyl (C=O) groups excluding carboxylic acids is 1. The van der Waals surface area contributed by atoms with Crippen molar-refractivity contribution in [1.82, 2.24) is 29.5 Å². The molecule has 0 bridgehead atoms. The van der Waals surface area contributed by atoms with Crippen LogP contribution in [0.2, 0.25) is 0 Å². The van der Waals surface area contributed by atoms with Gasteiger partial charge in [-0.15, -0.1) is 11.3 Å². The minimum absolute atomic E-state index is 0.106. The number of thiazole rings is 1. The Hall–Kier alpha value is -1.80. The normalized spacial score (nSPS) is 17.6. The SMILES string of the molecule is Cc1nc(CN2CCN(C(=O)C(C)n3cncn3)CC2)cs1. The number of hydrogen-bond donors (Lipinski definition) is 0. The van der Waals surface area contributed by atoms with Crippen LogP contribution in [0.15, 0.2) is 18.0 Å². The summed E-state index contributed by atoms with van der Waals surface area (Å²) in [5.41, 5.74) is 1.12. The molecule has 118 valence electrons. The van der Waals surface area contributed by atoms with Gasteiger partial charge in [-0.2, -0.15) is 5.10 Å². The minimum atomic E-state index is -0.296. The molecule has 0 spiro atoms. The molecule has 8 heteroatoms. The van der Waals surface area contributed by atoms with Gasteiger partial charge in [0.1, 0.15) is 18.7 Å². The van der Waals surface area contributed by atoms with E-state index in [1.165, 1.54) is 6.33 Å². The number of piperazine rings is 1. The molecule has 7 nitrogen and oxygen atoms in total. The molecule has 0 radical (unpaired) electrons. The van der Waals surface area contributed by atoms with E-state index in [0.29, 0.717) is 0 Å². The highest BCUT2D eigenvalue weighted by Gasteiger charge is 2.26. The van der Waals surface area contributed by atoms with Crippen LogP contribution in [0.3, 0.4) is 0 Å². The van der Waals surface area contributed by atoms with E-state index in [9.17, 15) is 4.79 Å². The van der Waals surface area contributed by atoms with Crippen LogP contribution in [-0.4, -0.2) is 61.6 Å². The molecule has 1 unspecified atom stereocenters. The van der Waals surface area contributed by atoms with Gasteiger partial charge in [0.05, 0.1) is 10.7 Å². The number of carbonyl (C=O) groups is 1. The van der Waals surface area contributed by atoms with Crippen LogP contribution in [0.25, 0.3) is 0 Å². The molecule has 0 aromatic carbocycles. The lowest BCUT2D eigenvalue weighted by molar-refractivity contribution is -0.136. The number of rotatable bonds is 4. The molecule has 1 aliphatic rings. The maximum absolute atomic E-state index is 12.5. The zero-order valence-corrected chi connectivity index (χ0v) is 13.7. The summed E-state index contributed by atoms with van der Waals surface area (Å²) in [5, 5.41) is 7.26. The van der Waals surface area contributed by atoms with Crippen LogP contribution in [-0.2, 0) is 11.3 Å². The van der Waals surface area contributed by atoms with Gasteiger partial charge in [-0.3, -0.25) is 9.69 Å². The van der Waals surface area contributed by atoms with Crippen molar-refractivity contribution < 1.29 is 4.79 Å². The average Bonchev–Trinajstić information content (AvgIpc) is 3.18. The molecule has 0 N–H and O–H groups in total. The van der Waals surface area contributed by atoms with Gasteiger partial charge in [-0.1, -0.05) is 0 Å². The fourth-order valence-corrected chi connectivity index (χ4v) is 3.23. The summed E-state index contributed by atoms with van der Waals surface area (Å²) in [4.78, 5) is 25.1. The van der Waals surface area contributed by atoms with E-state index in [1.807, 2.05) is 18.7 Å². The second-order valence-electron chi connectivity index (χ2n) is 5.51. The first-order valence-corrected chi connectivity index (χ1v) is 8.27. The first-order chi connectivity index (χ1) is 10.6. The summed E-state index contributed by atoms with van der Waals surface area (Å²) in [6.45, 7) is 8.02. The lowest BCUT2D eigenvalue weighted by atomic mass is 10.2. The predicted octanol–water partition coefficient (Wildman–Crippen LogP) is 0.948. The van der Waals surface area contributed by atoms with Gasteiger partial charge in [-0.25, -0.2) is 14.6 Å². The van der Waals surface area contributed by atoms with Gasteiger partial charge in [0.15, 0.2) is 0 Å². The summed E-state index contributed by atoms with van der Waals surface area (Å²) < 4.78 is 1.60. The Morgan fingerprint density at radius 1 is 1.36 bits per heavy atom. The van der Waals surface area contributed by atoms with E-state index < -0.39 is 0 Å². The fraction of sp³-hybridized carbons (Fsp3) is 0.571. The number of aryl methyl sites for hydroxylation is 1. The highest BCUT2D eigenvalue weighted by molar-refractivity contribution is 7.09. The fourth-order valence-electron chi connectivity index (χ4n) is 2.63. The maximum Gasteiger partial charge on any atom is 0.247 e. The van der Waals surface area contributed by atoms with Gasteiger partial charge in [-0.05, 0) is 13.8 Å². The smallest absolute Gasteiger partial charge is 0.247 e. The second-order valence-corrected chi connectivity index (χ2v) is 6.57. The van der Waals surface area contributed by atoms with Crippen molar-refractivity contribution in [3.05, 3.63) is 28.7 Å². The van der Waals surface area contributed by atoms with Crippen molar-refractivity contribution in [3.63, 3.8) is 0 Å². The molecule has 22 heavy (non-hydrogen) atoms. The third-order valence-corrected chi connectivity index (χ3v) is 4.75. The van der Waals surface area contributed by atoms with Gasteiger partial charge in [0.25, 0.3) is 0 Å². The van der Waals surface area contributed by atoms with E-state index >= 15 is 0 Å². The van der Waals surface area contributed by atoms with Crippen molar-refractivity contribution in [2.45, 2.75) is 26.4 Å². The van der Waals surface area contributed by atoms with E-state index in [0.717, 1.165) is 43.4 Å². The third kappa shape index (κ3) is 3.33. The zero-order valence-electron chi connectivity index (χ0n) is 12.8. The Balaban J connectivity index is 1.52. The van der Waals surface area contributed by atoms with E-state index in [2.05, 4.69) is 25.3 Å². The topological polar surface area (TPSA) is 67.2 Å². The lowest BCUT2D eigenvalue weighted by Gasteiger charge is -2.35. The van der Waals surface area contributed by atoms with Gasteiger partial charge < -0.3 is 4.90 Å². The molecule has 3 rings (SSSR count). The Morgan fingerprint density at radius 3 is 2.73 bits per heavy atom. The molecule has 1 aliphatic heterocycles. The van der Waals surface area contributed by atoms with Crippen molar-refractivity contribution in [1.29, 1.82) is 0 Å². The average molecular weight is 320 g/mol. The largest absolute Gasteiger partial charge is 0.338 e. The first kappa shape index (κ1) is 15.1. The maximum atomic E-state index is 12.5. The number of aromatic nitrogens is 4. The Morgan fingerprint density at radius 2 is 2.14 bits per heavy atom. The molecule has 1 fully saturated rings. The van der Waals surface area contributed by atoms with Crippen molar-refractivity contribution in [2.75, 3.05) is 26.2 Å². The Bertz CT molecular complexity index is 617. The van der Waals surface area contributed by atoms with Gasteiger partial charge in [0, 0.05) is 38.1 Å². The highest BCUT2D eigenvalue weighted by atomic mass is 32.1. The summed E-state index contributed by atoms with van der Waals surface area (Å²) in [6, 6.07) is -0.296. The molecule has 1 atom stereocenters. The third-order valence-electron chi connectivity index (χ3n) is 3.93. The Labute approximate surface area is 133 Å². The van der Waals surface area contributed by atoms with Gasteiger partial charge in [0.2, 0.25) is 5.91 Å². The van der Waals surface area contributed by atoms with E-state index in [4.69, 9.17) is 0 Å². The van der Waals surface area contributed by atoms with Crippen LogP contribution in [0.4, 0.5) is 0 Å². The van der Waals surface area contributed by atoms with Crippen LogP contribution in [0.5, 0.6) is 0 Å².